The number of hydrogen-bond donors (Lipinski definition) is 0. The van der Waals surface area contributed by atoms with Crippen LogP contribution in [0.25, 0.3) is 0 Å². The van der Waals surface area contributed by atoms with E-state index in [2.05, 4.69) is 0 Å². The normalized spacial score (nSPS) is 15.1. The summed E-state index contributed by atoms with van der Waals surface area (Å²) in [6, 6.07) is 0. The van der Waals surface area contributed by atoms with Gasteiger partial charge in [-0.05, 0) is 0 Å². The molecule has 0 saturated carbocycles. The molecule has 0 bridgehead atoms. The van der Waals surface area contributed by atoms with Gasteiger partial charge in [0.2, 0.25) is 15.2 Å². The Morgan fingerprint density at radius 1 is 0.667 bits per heavy atom. The minimum atomic E-state index is 0. The highest BCUT2D eigenvalue weighted by molar-refractivity contribution is 6.35. The maximum absolute atomic E-state index is 1.64. The number of hydrogen-bond acceptors (Lipinski definition) is 0. The van der Waals surface area contributed by atoms with E-state index in [1.807, 2.05) is 0 Å². The van der Waals surface area contributed by atoms with Gasteiger partial charge in [0.1, 0.15) is 0 Å². The first-order chi connectivity index (χ1) is 3.00. The third-order valence-corrected chi connectivity index (χ3v) is 3.50. The summed E-state index contributed by atoms with van der Waals surface area (Å²) < 4.78 is 0. The maximum Gasteiger partial charge on any atom is 0.236 e. The molecule has 0 aromatic carbocycles. The first kappa shape index (κ1) is 16.8. The van der Waals surface area contributed by atoms with E-state index in [0.29, 0.717) is 15.2 Å². The van der Waals surface area contributed by atoms with Crippen molar-refractivity contribution < 1.29 is 0 Å². The van der Waals surface area contributed by atoms with Crippen molar-refractivity contribution in [2.24, 2.45) is 0 Å². The molecule has 1 aliphatic rings. The van der Waals surface area contributed by atoms with E-state index < -0.39 is 0 Å². The van der Waals surface area contributed by atoms with Crippen LogP contribution in [-0.2, 0) is 0 Å². The first-order valence-electron chi connectivity index (χ1n) is 3.00. The molecule has 1 heterocycles. The van der Waals surface area contributed by atoms with Crippen LogP contribution in [0.2, 0.25) is 10.6 Å². The molecule has 58 valence electrons. The Kier molecular flexibility index (Phi) is 22.6. The van der Waals surface area contributed by atoms with Crippen molar-refractivity contribution >= 4 is 52.4 Å². The molecule has 9 heavy (non-hydrogen) atoms. The zero-order chi connectivity index (χ0) is 4.24. The fraction of sp³-hybridized carbons (Fsp3) is 1.00. The van der Waals surface area contributed by atoms with Gasteiger partial charge >= 0.3 is 0 Å². The molecular formula is C5H14AlCl3. The highest BCUT2D eigenvalue weighted by atomic mass is 35.5. The van der Waals surface area contributed by atoms with Crippen LogP contribution in [0.4, 0.5) is 0 Å². The lowest BCUT2D eigenvalue weighted by Crippen LogP contribution is -1.94. The van der Waals surface area contributed by atoms with Crippen molar-refractivity contribution in [2.45, 2.75) is 29.8 Å². The molecule has 1 rings (SSSR count). The average Bonchev–Trinajstić information content (AvgIpc) is 1.72. The van der Waals surface area contributed by atoms with E-state index in [1.54, 1.807) is 23.4 Å². The predicted molar refractivity (Wildman–Crippen MR) is 52.4 cm³/mol. The van der Waals surface area contributed by atoms with Crippen molar-refractivity contribution in [3.63, 3.8) is 0 Å². The summed E-state index contributed by atoms with van der Waals surface area (Å²) in [6.07, 6.45) is 4.66. The zero-order valence-electron chi connectivity index (χ0n) is 5.47. The molecule has 1 aliphatic heterocycles. The Bertz CT molecular complexity index is 27.7. The largest absolute Gasteiger partial charge is 0.236 e. The fourth-order valence-corrected chi connectivity index (χ4v) is 2.83. The van der Waals surface area contributed by atoms with Gasteiger partial charge in [0.15, 0.2) is 0 Å². The van der Waals surface area contributed by atoms with E-state index in [4.69, 9.17) is 0 Å². The average molecular weight is 208 g/mol. The fourth-order valence-electron chi connectivity index (χ4n) is 1.06. The lowest BCUT2D eigenvalue weighted by molar-refractivity contribution is 0.734. The van der Waals surface area contributed by atoms with Gasteiger partial charge in [-0.2, -0.15) is 0 Å². The minimum Gasteiger partial charge on any atom is -0.147 e. The lowest BCUT2D eigenvalue weighted by Gasteiger charge is -2.03. The van der Waals surface area contributed by atoms with Crippen molar-refractivity contribution in [2.75, 3.05) is 0 Å². The van der Waals surface area contributed by atoms with E-state index in [1.165, 1.54) is 6.42 Å². The van der Waals surface area contributed by atoms with Gasteiger partial charge in [-0.1, -0.05) is 29.8 Å². The Morgan fingerprint density at radius 3 is 1.22 bits per heavy atom. The molecular weight excluding hydrogens is 193 g/mol. The smallest absolute Gasteiger partial charge is 0.147 e. The molecule has 0 aliphatic carbocycles. The number of rotatable bonds is 0. The molecule has 1 saturated heterocycles. The Labute approximate surface area is 82.1 Å². The summed E-state index contributed by atoms with van der Waals surface area (Å²) in [7, 11) is 0. The predicted octanol–water partition coefficient (Wildman–Crippen LogP) is 2.71. The van der Waals surface area contributed by atoms with Gasteiger partial charge < -0.3 is 0 Å². The van der Waals surface area contributed by atoms with Crippen molar-refractivity contribution in [1.82, 2.24) is 0 Å². The van der Waals surface area contributed by atoms with Crippen LogP contribution in [0.5, 0.6) is 0 Å². The van der Waals surface area contributed by atoms with E-state index in [0.717, 1.165) is 0 Å². The van der Waals surface area contributed by atoms with Gasteiger partial charge in [0, 0.05) is 0 Å². The molecule has 0 spiro atoms. The lowest BCUT2D eigenvalue weighted by atomic mass is 10.3. The van der Waals surface area contributed by atoms with Crippen LogP contribution >= 0.6 is 37.2 Å². The highest BCUT2D eigenvalue weighted by Crippen LogP contribution is 2.10. The van der Waals surface area contributed by atoms with Crippen LogP contribution in [0, 0.1) is 0 Å². The summed E-state index contributed by atoms with van der Waals surface area (Å²) in [5.41, 5.74) is 0. The summed E-state index contributed by atoms with van der Waals surface area (Å²) in [5.74, 6) is 0. The van der Waals surface area contributed by atoms with Gasteiger partial charge in [-0.25, -0.2) is 0 Å². The summed E-state index contributed by atoms with van der Waals surface area (Å²) in [6.45, 7) is 0. The molecule has 0 N–H and O–H groups in total. The van der Waals surface area contributed by atoms with Crippen molar-refractivity contribution in [1.29, 1.82) is 0 Å². The Balaban J connectivity index is -0.000000120. The van der Waals surface area contributed by atoms with Crippen LogP contribution in [-0.4, -0.2) is 15.2 Å². The topological polar surface area (TPSA) is 0 Å². The van der Waals surface area contributed by atoms with E-state index >= 15 is 0 Å². The van der Waals surface area contributed by atoms with Gasteiger partial charge in [0.05, 0.1) is 0 Å². The molecule has 0 nitrogen and oxygen atoms in total. The molecule has 0 unspecified atom stereocenters. The van der Waals surface area contributed by atoms with Gasteiger partial charge in [0.25, 0.3) is 0 Å². The molecule has 0 radical (unpaired) electrons. The second kappa shape index (κ2) is 12.1. The zero-order valence-corrected chi connectivity index (χ0v) is 9.33. The summed E-state index contributed by atoms with van der Waals surface area (Å²) in [4.78, 5) is 0. The van der Waals surface area contributed by atoms with Gasteiger partial charge in [-0.15, -0.1) is 37.2 Å². The SMILES string of the molecule is C1C[CH2][AlH][CH2]C1.Cl.Cl.Cl. The number of halogens is 3. The van der Waals surface area contributed by atoms with Crippen LogP contribution in [0.15, 0.2) is 0 Å². The molecule has 4 heteroatoms. The van der Waals surface area contributed by atoms with Crippen LogP contribution < -0.4 is 0 Å². The Morgan fingerprint density at radius 2 is 1.11 bits per heavy atom. The van der Waals surface area contributed by atoms with E-state index in [9.17, 15) is 0 Å². The van der Waals surface area contributed by atoms with Gasteiger partial charge in [-0.3, -0.25) is 0 Å². The first-order valence-corrected chi connectivity index (χ1v) is 5.00. The summed E-state index contributed by atoms with van der Waals surface area (Å²) >= 11 is 0.508. The second-order valence-electron chi connectivity index (χ2n) is 2.12. The van der Waals surface area contributed by atoms with Crippen LogP contribution in [0.1, 0.15) is 19.3 Å². The quantitative estimate of drug-likeness (QED) is 0.536. The van der Waals surface area contributed by atoms with Crippen molar-refractivity contribution in [3.05, 3.63) is 0 Å². The summed E-state index contributed by atoms with van der Waals surface area (Å²) in [5, 5.41) is 3.28. The molecule has 0 aromatic heterocycles. The third-order valence-electron chi connectivity index (χ3n) is 1.50. The molecule has 0 aromatic rings. The monoisotopic (exact) mass is 206 g/mol. The third kappa shape index (κ3) is 9.40. The van der Waals surface area contributed by atoms with E-state index in [-0.39, 0.29) is 37.2 Å². The van der Waals surface area contributed by atoms with Crippen molar-refractivity contribution in [3.8, 4) is 0 Å². The molecule has 0 atom stereocenters. The maximum atomic E-state index is 1.64. The standard InChI is InChI=1S/C5H10.Al.3ClH.H/c1-3-5-4-2;;;;;/h1-5H2;;3*1H;. The highest BCUT2D eigenvalue weighted by Gasteiger charge is 1.99. The second-order valence-corrected chi connectivity index (χ2v) is 4.24. The molecule has 0 amide bonds. The minimum absolute atomic E-state index is 0. The Hall–Kier alpha value is 1.40. The molecule has 1 fully saturated rings. The van der Waals surface area contributed by atoms with Crippen LogP contribution in [0.3, 0.4) is 0 Å².